The molecule has 3 heteroatoms. The number of benzene rings is 1. The predicted octanol–water partition coefficient (Wildman–Crippen LogP) is 2.83. The molecule has 1 saturated heterocycles. The van der Waals surface area contributed by atoms with Crippen molar-refractivity contribution in [2.24, 2.45) is 0 Å². The van der Waals surface area contributed by atoms with Gasteiger partial charge in [-0.2, -0.15) is 0 Å². The summed E-state index contributed by atoms with van der Waals surface area (Å²) in [5, 5.41) is 3.40. The van der Waals surface area contributed by atoms with E-state index < -0.39 is 0 Å². The maximum absolute atomic E-state index is 12.8. The fourth-order valence-corrected chi connectivity index (χ4v) is 3.25. The van der Waals surface area contributed by atoms with Crippen LogP contribution in [0.2, 0.25) is 0 Å². The lowest BCUT2D eigenvalue weighted by molar-refractivity contribution is 0.0719. The smallest absolute Gasteiger partial charge is 0.254 e. The normalized spacial score (nSPS) is 19.5. The Morgan fingerprint density at radius 3 is 2.45 bits per heavy atom. The van der Waals surface area contributed by atoms with Gasteiger partial charge in [-0.05, 0) is 64.3 Å². The van der Waals surface area contributed by atoms with E-state index in [1.54, 1.807) is 0 Å². The van der Waals surface area contributed by atoms with Gasteiger partial charge in [0.1, 0.15) is 0 Å². The molecule has 1 aromatic rings. The monoisotopic (exact) mass is 274 g/mol. The molecule has 110 valence electrons. The van der Waals surface area contributed by atoms with Gasteiger partial charge in [0.25, 0.3) is 5.91 Å². The van der Waals surface area contributed by atoms with Crippen LogP contribution in [0.4, 0.5) is 0 Å². The Kier molecular flexibility index (Phi) is 4.81. The second-order valence-corrected chi connectivity index (χ2v) is 6.02. The van der Waals surface area contributed by atoms with E-state index in [4.69, 9.17) is 0 Å². The molecule has 0 bridgehead atoms. The standard InChI is InChI=1S/C17H26N2O/c1-12-10-13(2)16(14(3)11-12)17(20)19(4)15-6-5-8-18-9-7-15/h10-11,15,18H,5-9H2,1-4H3. The zero-order chi connectivity index (χ0) is 14.7. The van der Waals surface area contributed by atoms with Crippen molar-refractivity contribution in [1.82, 2.24) is 10.2 Å². The molecule has 0 aromatic heterocycles. The highest BCUT2D eigenvalue weighted by atomic mass is 16.2. The molecule has 1 fully saturated rings. The summed E-state index contributed by atoms with van der Waals surface area (Å²) >= 11 is 0. The molecule has 1 heterocycles. The van der Waals surface area contributed by atoms with Gasteiger partial charge in [-0.15, -0.1) is 0 Å². The number of hydrogen-bond donors (Lipinski definition) is 1. The van der Waals surface area contributed by atoms with Crippen molar-refractivity contribution in [3.05, 3.63) is 34.4 Å². The SMILES string of the molecule is Cc1cc(C)c(C(=O)N(C)C2CCCNCC2)c(C)c1. The lowest BCUT2D eigenvalue weighted by Crippen LogP contribution is -2.38. The molecule has 1 amide bonds. The van der Waals surface area contributed by atoms with E-state index in [1.807, 2.05) is 25.8 Å². The summed E-state index contributed by atoms with van der Waals surface area (Å²) in [5.41, 5.74) is 4.28. The summed E-state index contributed by atoms with van der Waals surface area (Å²) in [4.78, 5) is 14.8. The van der Waals surface area contributed by atoms with Gasteiger partial charge in [0.2, 0.25) is 0 Å². The highest BCUT2D eigenvalue weighted by Crippen LogP contribution is 2.21. The van der Waals surface area contributed by atoms with Crippen LogP contribution in [0.3, 0.4) is 0 Å². The summed E-state index contributed by atoms with van der Waals surface area (Å²) < 4.78 is 0. The van der Waals surface area contributed by atoms with E-state index >= 15 is 0 Å². The second kappa shape index (κ2) is 6.40. The lowest BCUT2D eigenvalue weighted by atomic mass is 9.97. The average molecular weight is 274 g/mol. The minimum Gasteiger partial charge on any atom is -0.339 e. The molecule has 0 radical (unpaired) electrons. The third-order valence-corrected chi connectivity index (χ3v) is 4.30. The number of rotatable bonds is 2. The largest absolute Gasteiger partial charge is 0.339 e. The van der Waals surface area contributed by atoms with Gasteiger partial charge in [-0.1, -0.05) is 17.7 Å². The minimum absolute atomic E-state index is 0.173. The van der Waals surface area contributed by atoms with Crippen molar-refractivity contribution < 1.29 is 4.79 Å². The van der Waals surface area contributed by atoms with Gasteiger partial charge in [0, 0.05) is 18.7 Å². The number of amides is 1. The molecule has 2 rings (SSSR count). The molecule has 1 aromatic carbocycles. The van der Waals surface area contributed by atoms with Crippen LogP contribution in [0.1, 0.15) is 46.3 Å². The topological polar surface area (TPSA) is 32.3 Å². The number of carbonyl (C=O) groups excluding carboxylic acids is 1. The zero-order valence-electron chi connectivity index (χ0n) is 13.1. The number of nitrogens with one attached hydrogen (secondary N) is 1. The van der Waals surface area contributed by atoms with Crippen molar-refractivity contribution in [1.29, 1.82) is 0 Å². The van der Waals surface area contributed by atoms with Crippen LogP contribution in [-0.2, 0) is 0 Å². The maximum Gasteiger partial charge on any atom is 0.254 e. The first-order valence-electron chi connectivity index (χ1n) is 7.56. The molecule has 1 N–H and O–H groups in total. The highest BCUT2D eigenvalue weighted by molar-refractivity contribution is 5.97. The van der Waals surface area contributed by atoms with Crippen LogP contribution >= 0.6 is 0 Å². The molecule has 1 aliphatic heterocycles. The molecule has 0 aliphatic carbocycles. The Hall–Kier alpha value is -1.35. The molecule has 20 heavy (non-hydrogen) atoms. The van der Waals surface area contributed by atoms with Crippen molar-refractivity contribution >= 4 is 5.91 Å². The van der Waals surface area contributed by atoms with Gasteiger partial charge in [0.15, 0.2) is 0 Å². The van der Waals surface area contributed by atoms with Gasteiger partial charge in [-0.3, -0.25) is 4.79 Å². The zero-order valence-corrected chi connectivity index (χ0v) is 13.1. The van der Waals surface area contributed by atoms with E-state index in [1.165, 1.54) is 5.56 Å². The van der Waals surface area contributed by atoms with Crippen molar-refractivity contribution in [2.75, 3.05) is 20.1 Å². The Labute approximate surface area is 122 Å². The number of carbonyl (C=O) groups is 1. The molecular formula is C17H26N2O. The Bertz CT molecular complexity index is 465. The maximum atomic E-state index is 12.8. The summed E-state index contributed by atoms with van der Waals surface area (Å²) in [5.74, 6) is 0.173. The molecule has 1 aliphatic rings. The number of aryl methyl sites for hydroxylation is 3. The van der Waals surface area contributed by atoms with Crippen LogP contribution in [0.25, 0.3) is 0 Å². The Morgan fingerprint density at radius 1 is 1.15 bits per heavy atom. The molecule has 1 atom stereocenters. The first-order chi connectivity index (χ1) is 9.50. The van der Waals surface area contributed by atoms with Gasteiger partial charge in [-0.25, -0.2) is 0 Å². The molecular weight excluding hydrogens is 248 g/mol. The molecule has 0 saturated carbocycles. The number of nitrogens with zero attached hydrogens (tertiary/aromatic N) is 1. The van der Waals surface area contributed by atoms with E-state index in [0.29, 0.717) is 6.04 Å². The van der Waals surface area contributed by atoms with Crippen molar-refractivity contribution in [2.45, 2.75) is 46.1 Å². The van der Waals surface area contributed by atoms with Crippen LogP contribution in [0.15, 0.2) is 12.1 Å². The Balaban J connectivity index is 2.22. The van der Waals surface area contributed by atoms with Crippen LogP contribution in [0.5, 0.6) is 0 Å². The summed E-state index contributed by atoms with van der Waals surface area (Å²) in [6.07, 6.45) is 3.29. The van der Waals surface area contributed by atoms with Crippen LogP contribution in [-0.4, -0.2) is 37.0 Å². The Morgan fingerprint density at radius 2 is 1.80 bits per heavy atom. The van der Waals surface area contributed by atoms with E-state index in [0.717, 1.165) is 49.0 Å². The number of hydrogen-bond acceptors (Lipinski definition) is 2. The third kappa shape index (κ3) is 3.21. The first kappa shape index (κ1) is 15.0. The van der Waals surface area contributed by atoms with Gasteiger partial charge < -0.3 is 10.2 Å². The third-order valence-electron chi connectivity index (χ3n) is 4.30. The van der Waals surface area contributed by atoms with E-state index in [9.17, 15) is 4.79 Å². The molecule has 3 nitrogen and oxygen atoms in total. The summed E-state index contributed by atoms with van der Waals surface area (Å²) in [6.45, 7) is 8.23. The van der Waals surface area contributed by atoms with Crippen molar-refractivity contribution in [3.63, 3.8) is 0 Å². The summed E-state index contributed by atoms with van der Waals surface area (Å²) in [6, 6.07) is 4.56. The fraction of sp³-hybridized carbons (Fsp3) is 0.588. The van der Waals surface area contributed by atoms with Gasteiger partial charge in [0.05, 0.1) is 0 Å². The van der Waals surface area contributed by atoms with E-state index in [-0.39, 0.29) is 5.91 Å². The highest BCUT2D eigenvalue weighted by Gasteiger charge is 2.24. The summed E-state index contributed by atoms with van der Waals surface area (Å²) in [7, 11) is 1.96. The fourth-order valence-electron chi connectivity index (χ4n) is 3.25. The molecule has 0 spiro atoms. The van der Waals surface area contributed by atoms with E-state index in [2.05, 4.69) is 24.4 Å². The van der Waals surface area contributed by atoms with Crippen LogP contribution in [0, 0.1) is 20.8 Å². The van der Waals surface area contributed by atoms with Crippen LogP contribution < -0.4 is 5.32 Å². The van der Waals surface area contributed by atoms with Gasteiger partial charge >= 0.3 is 0 Å². The average Bonchev–Trinajstić information content (AvgIpc) is 2.65. The lowest BCUT2D eigenvalue weighted by Gasteiger charge is -2.28. The quantitative estimate of drug-likeness (QED) is 0.899. The van der Waals surface area contributed by atoms with Crippen molar-refractivity contribution in [3.8, 4) is 0 Å². The minimum atomic E-state index is 0.173. The first-order valence-corrected chi connectivity index (χ1v) is 7.56. The second-order valence-electron chi connectivity index (χ2n) is 6.02. The molecule has 1 unspecified atom stereocenters. The predicted molar refractivity (Wildman–Crippen MR) is 83.3 cm³/mol.